The molecule has 0 spiro atoms. The zero-order valence-corrected chi connectivity index (χ0v) is 33.1. The minimum atomic E-state index is 0.576. The average molecular weight is 780 g/mol. The van der Waals surface area contributed by atoms with Gasteiger partial charge in [-0.25, -0.2) is 15.0 Å². The van der Waals surface area contributed by atoms with Crippen molar-refractivity contribution in [3.8, 4) is 89.8 Å². The van der Waals surface area contributed by atoms with Crippen LogP contribution in [0.2, 0.25) is 0 Å². The van der Waals surface area contributed by atoms with Crippen LogP contribution in [0.3, 0.4) is 0 Å². The molecule has 11 aromatic rings. The standard InChI is InChI=1S/C57H37N3O/c1-5-14-38(15-6-1)41-24-28-43(29-25-41)51-35-49(40-18-9-3-10-19-40)37-53-54(51)50-33-32-48(36-52(50)61-53)57-59-55(44-20-11-4-12-21-44)58-56(60-57)45-30-26-42(27-31-45)47-23-13-22-46(34-47)39-16-7-2-8-17-39/h1-37H. The summed E-state index contributed by atoms with van der Waals surface area (Å²) in [7, 11) is 0. The molecule has 2 heterocycles. The molecule has 0 amide bonds. The molecule has 286 valence electrons. The molecule has 9 aromatic carbocycles. The summed E-state index contributed by atoms with van der Waals surface area (Å²) < 4.78 is 6.78. The summed E-state index contributed by atoms with van der Waals surface area (Å²) >= 11 is 0. The molecule has 4 nitrogen and oxygen atoms in total. The van der Waals surface area contributed by atoms with E-state index in [0.29, 0.717) is 17.5 Å². The number of hydrogen-bond acceptors (Lipinski definition) is 4. The van der Waals surface area contributed by atoms with Gasteiger partial charge in [0.15, 0.2) is 17.5 Å². The predicted octanol–water partition coefficient (Wildman–Crippen LogP) is 15.1. The molecule has 0 unspecified atom stereocenters. The Bertz CT molecular complexity index is 3310. The lowest BCUT2D eigenvalue weighted by Gasteiger charge is -2.10. The third-order valence-corrected chi connectivity index (χ3v) is 11.4. The second-order valence-corrected chi connectivity index (χ2v) is 15.2. The van der Waals surface area contributed by atoms with Crippen molar-refractivity contribution in [2.24, 2.45) is 0 Å². The molecule has 0 saturated heterocycles. The van der Waals surface area contributed by atoms with Gasteiger partial charge in [-0.1, -0.05) is 194 Å². The molecule has 0 radical (unpaired) electrons. The Labute approximate surface area is 354 Å². The van der Waals surface area contributed by atoms with Crippen LogP contribution in [0, 0.1) is 0 Å². The van der Waals surface area contributed by atoms with Gasteiger partial charge in [-0.15, -0.1) is 0 Å². The molecular weight excluding hydrogens is 743 g/mol. The molecular formula is C57H37N3O. The van der Waals surface area contributed by atoms with Gasteiger partial charge in [0.05, 0.1) is 0 Å². The number of rotatable bonds is 8. The highest BCUT2D eigenvalue weighted by molar-refractivity contribution is 6.14. The highest BCUT2D eigenvalue weighted by Gasteiger charge is 2.19. The van der Waals surface area contributed by atoms with E-state index in [1.54, 1.807) is 0 Å². The number of aromatic nitrogens is 3. The van der Waals surface area contributed by atoms with E-state index in [0.717, 1.165) is 72.0 Å². The fourth-order valence-electron chi connectivity index (χ4n) is 8.21. The molecule has 11 rings (SSSR count). The Balaban J connectivity index is 1.01. The molecule has 0 aliphatic heterocycles. The Morgan fingerprint density at radius 1 is 0.246 bits per heavy atom. The number of hydrogen-bond donors (Lipinski definition) is 0. The summed E-state index contributed by atoms with van der Waals surface area (Å²) in [6.45, 7) is 0. The van der Waals surface area contributed by atoms with Crippen molar-refractivity contribution in [1.82, 2.24) is 15.0 Å². The van der Waals surface area contributed by atoms with Gasteiger partial charge in [0.1, 0.15) is 11.2 Å². The smallest absolute Gasteiger partial charge is 0.164 e. The van der Waals surface area contributed by atoms with Crippen LogP contribution >= 0.6 is 0 Å². The lowest BCUT2D eigenvalue weighted by molar-refractivity contribution is 0.669. The molecule has 0 bridgehead atoms. The van der Waals surface area contributed by atoms with Crippen LogP contribution in [0.1, 0.15) is 0 Å². The third-order valence-electron chi connectivity index (χ3n) is 11.4. The molecule has 4 heteroatoms. The SMILES string of the molecule is c1ccc(-c2ccc(-c3cc(-c4ccccc4)cc4oc5cc(-c6nc(-c7ccccc7)nc(-c7ccc(-c8cccc(-c9ccccc9)c8)cc7)n6)ccc5c34)cc2)cc1. The Kier molecular flexibility index (Phi) is 9.14. The molecule has 0 aliphatic rings. The summed E-state index contributed by atoms with van der Waals surface area (Å²) in [5.41, 5.74) is 15.8. The number of benzene rings is 9. The van der Waals surface area contributed by atoms with Gasteiger partial charge in [-0.05, 0) is 86.0 Å². The van der Waals surface area contributed by atoms with Crippen LogP contribution in [0.5, 0.6) is 0 Å². The maximum Gasteiger partial charge on any atom is 0.164 e. The highest BCUT2D eigenvalue weighted by Crippen LogP contribution is 2.42. The summed E-state index contributed by atoms with van der Waals surface area (Å²) in [5, 5.41) is 2.11. The van der Waals surface area contributed by atoms with E-state index in [1.165, 1.54) is 22.3 Å². The minimum absolute atomic E-state index is 0.576. The van der Waals surface area contributed by atoms with E-state index in [1.807, 2.05) is 48.5 Å². The van der Waals surface area contributed by atoms with E-state index >= 15 is 0 Å². The summed E-state index contributed by atoms with van der Waals surface area (Å²) in [5.74, 6) is 1.79. The van der Waals surface area contributed by atoms with Crippen molar-refractivity contribution >= 4 is 21.9 Å². The predicted molar refractivity (Wildman–Crippen MR) is 251 cm³/mol. The Morgan fingerprint density at radius 2 is 0.623 bits per heavy atom. The summed E-state index contributed by atoms with van der Waals surface area (Å²) in [6, 6.07) is 78.2. The summed E-state index contributed by atoms with van der Waals surface area (Å²) in [4.78, 5) is 15.2. The quantitative estimate of drug-likeness (QED) is 0.154. The van der Waals surface area contributed by atoms with Crippen LogP contribution in [0.25, 0.3) is 112 Å². The first-order valence-electron chi connectivity index (χ1n) is 20.5. The van der Waals surface area contributed by atoms with Gasteiger partial charge in [0.2, 0.25) is 0 Å². The lowest BCUT2D eigenvalue weighted by atomic mass is 9.93. The van der Waals surface area contributed by atoms with Gasteiger partial charge in [-0.3, -0.25) is 0 Å². The maximum atomic E-state index is 6.78. The van der Waals surface area contributed by atoms with Crippen LogP contribution < -0.4 is 0 Å². The van der Waals surface area contributed by atoms with Crippen molar-refractivity contribution in [2.75, 3.05) is 0 Å². The average Bonchev–Trinajstić information content (AvgIpc) is 3.73. The molecule has 0 fully saturated rings. The first-order chi connectivity index (χ1) is 30.2. The van der Waals surface area contributed by atoms with Crippen molar-refractivity contribution in [3.05, 3.63) is 224 Å². The maximum absolute atomic E-state index is 6.78. The largest absolute Gasteiger partial charge is 0.456 e. The van der Waals surface area contributed by atoms with Crippen molar-refractivity contribution in [1.29, 1.82) is 0 Å². The molecule has 61 heavy (non-hydrogen) atoms. The minimum Gasteiger partial charge on any atom is -0.456 e. The molecule has 0 saturated carbocycles. The zero-order chi connectivity index (χ0) is 40.5. The van der Waals surface area contributed by atoms with E-state index in [-0.39, 0.29) is 0 Å². The van der Waals surface area contributed by atoms with Gasteiger partial charge in [-0.2, -0.15) is 0 Å². The van der Waals surface area contributed by atoms with Crippen LogP contribution in [-0.2, 0) is 0 Å². The first-order valence-corrected chi connectivity index (χ1v) is 20.5. The van der Waals surface area contributed by atoms with Crippen LogP contribution in [-0.4, -0.2) is 15.0 Å². The monoisotopic (exact) mass is 779 g/mol. The molecule has 0 N–H and O–H groups in total. The van der Waals surface area contributed by atoms with Gasteiger partial charge in [0, 0.05) is 27.5 Å². The lowest BCUT2D eigenvalue weighted by Crippen LogP contribution is -2.00. The zero-order valence-electron chi connectivity index (χ0n) is 33.1. The highest BCUT2D eigenvalue weighted by atomic mass is 16.3. The molecule has 2 aromatic heterocycles. The fourth-order valence-corrected chi connectivity index (χ4v) is 8.21. The van der Waals surface area contributed by atoms with Gasteiger partial charge in [0.25, 0.3) is 0 Å². The van der Waals surface area contributed by atoms with Crippen molar-refractivity contribution < 1.29 is 4.42 Å². The van der Waals surface area contributed by atoms with Crippen LogP contribution in [0.4, 0.5) is 0 Å². The normalized spacial score (nSPS) is 11.3. The van der Waals surface area contributed by atoms with E-state index < -0.39 is 0 Å². The first kappa shape index (κ1) is 35.9. The van der Waals surface area contributed by atoms with Crippen molar-refractivity contribution in [2.45, 2.75) is 0 Å². The topological polar surface area (TPSA) is 51.8 Å². The van der Waals surface area contributed by atoms with E-state index in [9.17, 15) is 0 Å². The Morgan fingerprint density at radius 3 is 1.20 bits per heavy atom. The number of fused-ring (bicyclic) bond motifs is 3. The van der Waals surface area contributed by atoms with E-state index in [4.69, 9.17) is 19.4 Å². The third kappa shape index (κ3) is 7.07. The molecule has 0 aliphatic carbocycles. The molecule has 0 atom stereocenters. The summed E-state index contributed by atoms with van der Waals surface area (Å²) in [6.07, 6.45) is 0. The Hall–Kier alpha value is -8.21. The van der Waals surface area contributed by atoms with Gasteiger partial charge < -0.3 is 4.42 Å². The van der Waals surface area contributed by atoms with Crippen molar-refractivity contribution in [3.63, 3.8) is 0 Å². The second kappa shape index (κ2) is 15.5. The second-order valence-electron chi connectivity index (χ2n) is 15.2. The number of nitrogens with zero attached hydrogens (tertiary/aromatic N) is 3. The fraction of sp³-hybridized carbons (Fsp3) is 0. The number of furan rings is 1. The van der Waals surface area contributed by atoms with Gasteiger partial charge >= 0.3 is 0 Å². The van der Waals surface area contributed by atoms with Crippen LogP contribution in [0.15, 0.2) is 229 Å². The van der Waals surface area contributed by atoms with E-state index in [2.05, 4.69) is 176 Å².